The van der Waals surface area contributed by atoms with Gasteiger partial charge < -0.3 is 4.90 Å². The highest BCUT2D eigenvalue weighted by Gasteiger charge is 2.23. The molecule has 0 aromatic carbocycles. The third-order valence-corrected chi connectivity index (χ3v) is 4.04. The van der Waals surface area contributed by atoms with Crippen LogP contribution in [0.4, 0.5) is 5.82 Å². The molecule has 3 aromatic rings. The van der Waals surface area contributed by atoms with E-state index < -0.39 is 0 Å². The Bertz CT molecular complexity index is 738. The molecule has 6 nitrogen and oxygen atoms in total. The van der Waals surface area contributed by atoms with Crippen LogP contribution in [0.15, 0.2) is 36.9 Å². The molecule has 21 heavy (non-hydrogen) atoms. The van der Waals surface area contributed by atoms with Crippen molar-refractivity contribution in [3.05, 3.63) is 42.6 Å². The van der Waals surface area contributed by atoms with Crippen molar-refractivity contribution in [1.82, 2.24) is 25.1 Å². The number of aromatic amines is 1. The molecular formula is C15H16N6. The molecule has 1 atom stereocenters. The summed E-state index contributed by atoms with van der Waals surface area (Å²) in [5.74, 6) is 1.37. The molecule has 106 valence electrons. The van der Waals surface area contributed by atoms with Crippen LogP contribution >= 0.6 is 0 Å². The molecule has 1 unspecified atom stereocenters. The molecule has 0 saturated carbocycles. The number of hydrogen-bond donors (Lipinski definition) is 1. The third-order valence-electron chi connectivity index (χ3n) is 4.04. The lowest BCUT2D eigenvalue weighted by Gasteiger charge is -2.33. The number of nitrogens with zero attached hydrogens (tertiary/aromatic N) is 5. The second kappa shape index (κ2) is 5.12. The maximum atomic E-state index is 4.71. The monoisotopic (exact) mass is 280 g/mol. The van der Waals surface area contributed by atoms with Gasteiger partial charge in [0.05, 0.1) is 12.4 Å². The summed E-state index contributed by atoms with van der Waals surface area (Å²) >= 11 is 0. The van der Waals surface area contributed by atoms with Crippen LogP contribution in [0.25, 0.3) is 11.0 Å². The van der Waals surface area contributed by atoms with Crippen molar-refractivity contribution in [2.75, 3.05) is 18.0 Å². The van der Waals surface area contributed by atoms with Gasteiger partial charge in [0.1, 0.15) is 5.82 Å². The van der Waals surface area contributed by atoms with E-state index in [-0.39, 0.29) is 0 Å². The first-order valence-electron chi connectivity index (χ1n) is 7.21. The third kappa shape index (κ3) is 2.33. The van der Waals surface area contributed by atoms with Gasteiger partial charge in [-0.3, -0.25) is 10.1 Å². The van der Waals surface area contributed by atoms with E-state index in [0.717, 1.165) is 48.5 Å². The molecule has 1 fully saturated rings. The molecule has 1 aliphatic heterocycles. The number of hydrogen-bond acceptors (Lipinski definition) is 5. The first-order chi connectivity index (χ1) is 10.4. The minimum atomic E-state index is 0.424. The Morgan fingerprint density at radius 3 is 3.10 bits per heavy atom. The fraction of sp³-hybridized carbons (Fsp3) is 0.333. The Morgan fingerprint density at radius 2 is 2.19 bits per heavy atom. The molecule has 0 amide bonds. The van der Waals surface area contributed by atoms with E-state index in [4.69, 9.17) is 4.98 Å². The van der Waals surface area contributed by atoms with Crippen molar-refractivity contribution in [2.45, 2.75) is 18.8 Å². The van der Waals surface area contributed by atoms with E-state index in [1.165, 1.54) is 0 Å². The lowest BCUT2D eigenvalue weighted by atomic mass is 9.94. The van der Waals surface area contributed by atoms with Crippen LogP contribution in [0, 0.1) is 0 Å². The van der Waals surface area contributed by atoms with Gasteiger partial charge in [0, 0.05) is 42.5 Å². The number of fused-ring (bicyclic) bond motifs is 1. The maximum absolute atomic E-state index is 4.71. The van der Waals surface area contributed by atoms with Crippen molar-refractivity contribution < 1.29 is 0 Å². The summed E-state index contributed by atoms with van der Waals surface area (Å²) in [6.07, 6.45) is 9.38. The number of pyridine rings is 1. The lowest BCUT2D eigenvalue weighted by molar-refractivity contribution is 0.499. The van der Waals surface area contributed by atoms with Gasteiger partial charge in [0.25, 0.3) is 0 Å². The molecule has 1 N–H and O–H groups in total. The number of anilines is 1. The van der Waals surface area contributed by atoms with Crippen LogP contribution < -0.4 is 4.90 Å². The van der Waals surface area contributed by atoms with Gasteiger partial charge in [-0.15, -0.1) is 0 Å². The van der Waals surface area contributed by atoms with Crippen molar-refractivity contribution in [1.29, 1.82) is 0 Å². The molecule has 4 rings (SSSR count). The molecule has 3 aromatic heterocycles. The summed E-state index contributed by atoms with van der Waals surface area (Å²) in [6, 6.07) is 4.20. The van der Waals surface area contributed by atoms with Crippen molar-refractivity contribution in [3.8, 4) is 0 Å². The summed E-state index contributed by atoms with van der Waals surface area (Å²) < 4.78 is 0. The summed E-state index contributed by atoms with van der Waals surface area (Å²) in [7, 11) is 0. The second-order valence-electron chi connectivity index (χ2n) is 5.39. The van der Waals surface area contributed by atoms with Gasteiger partial charge in [0.15, 0.2) is 5.65 Å². The van der Waals surface area contributed by atoms with Crippen LogP contribution in [0.2, 0.25) is 0 Å². The van der Waals surface area contributed by atoms with E-state index in [0.29, 0.717) is 5.92 Å². The van der Waals surface area contributed by atoms with E-state index in [1.54, 1.807) is 18.6 Å². The minimum Gasteiger partial charge on any atom is -0.355 e. The molecular weight excluding hydrogens is 264 g/mol. The standard InChI is InChI=1S/C15H16N6/c1-2-12(10-21(7-1)14-9-16-5-6-17-14)13-4-3-11-8-18-20-15(11)19-13/h3-6,8-9,12H,1-2,7,10H2,(H,18,19,20). The van der Waals surface area contributed by atoms with Crippen molar-refractivity contribution >= 4 is 16.9 Å². The summed E-state index contributed by atoms with van der Waals surface area (Å²) in [5.41, 5.74) is 1.99. The zero-order valence-corrected chi connectivity index (χ0v) is 11.6. The first kappa shape index (κ1) is 12.3. The highest BCUT2D eigenvalue weighted by Crippen LogP contribution is 2.28. The predicted octanol–water partition coefficient (Wildman–Crippen LogP) is 2.13. The van der Waals surface area contributed by atoms with Crippen LogP contribution in [-0.2, 0) is 0 Å². The zero-order valence-electron chi connectivity index (χ0n) is 11.6. The van der Waals surface area contributed by atoms with Gasteiger partial charge >= 0.3 is 0 Å². The molecule has 0 aliphatic carbocycles. The summed E-state index contributed by atoms with van der Waals surface area (Å²) in [4.78, 5) is 15.6. The minimum absolute atomic E-state index is 0.424. The predicted molar refractivity (Wildman–Crippen MR) is 80.1 cm³/mol. The van der Waals surface area contributed by atoms with Gasteiger partial charge in [-0.2, -0.15) is 5.10 Å². The maximum Gasteiger partial charge on any atom is 0.155 e. The number of nitrogens with one attached hydrogen (secondary N) is 1. The number of aromatic nitrogens is 5. The Kier molecular flexibility index (Phi) is 2.99. The Hall–Kier alpha value is -2.50. The zero-order chi connectivity index (χ0) is 14.1. The van der Waals surface area contributed by atoms with Crippen LogP contribution in [0.5, 0.6) is 0 Å². The highest BCUT2D eigenvalue weighted by molar-refractivity contribution is 5.73. The molecule has 0 bridgehead atoms. The van der Waals surface area contributed by atoms with E-state index in [2.05, 4.69) is 37.2 Å². The topological polar surface area (TPSA) is 70.6 Å². The van der Waals surface area contributed by atoms with E-state index in [9.17, 15) is 0 Å². The normalized spacial score (nSPS) is 19.0. The lowest BCUT2D eigenvalue weighted by Crippen LogP contribution is -2.35. The number of piperidine rings is 1. The summed E-state index contributed by atoms with van der Waals surface area (Å²) in [6.45, 7) is 1.97. The number of H-pyrrole nitrogens is 1. The van der Waals surface area contributed by atoms with Gasteiger partial charge in [0.2, 0.25) is 0 Å². The Morgan fingerprint density at radius 1 is 1.19 bits per heavy atom. The van der Waals surface area contributed by atoms with E-state index in [1.807, 2.05) is 6.20 Å². The van der Waals surface area contributed by atoms with Crippen molar-refractivity contribution in [2.24, 2.45) is 0 Å². The molecule has 1 saturated heterocycles. The molecule has 4 heterocycles. The molecule has 0 radical (unpaired) electrons. The van der Waals surface area contributed by atoms with E-state index >= 15 is 0 Å². The molecule has 1 aliphatic rings. The smallest absolute Gasteiger partial charge is 0.155 e. The van der Waals surface area contributed by atoms with Gasteiger partial charge in [-0.05, 0) is 25.0 Å². The molecule has 6 heteroatoms. The SMILES string of the molecule is c1cnc(N2CCCC(c3ccc4cn[nH]c4n3)C2)cn1. The molecule has 0 spiro atoms. The van der Waals surface area contributed by atoms with Gasteiger partial charge in [-0.25, -0.2) is 9.97 Å². The Labute approximate surface area is 122 Å². The fourth-order valence-corrected chi connectivity index (χ4v) is 2.95. The summed E-state index contributed by atoms with van der Waals surface area (Å²) in [5, 5.41) is 8.03. The van der Waals surface area contributed by atoms with Crippen LogP contribution in [0.3, 0.4) is 0 Å². The first-order valence-corrected chi connectivity index (χ1v) is 7.21. The van der Waals surface area contributed by atoms with Crippen molar-refractivity contribution in [3.63, 3.8) is 0 Å². The average Bonchev–Trinajstić information content (AvgIpc) is 3.03. The quantitative estimate of drug-likeness (QED) is 0.778. The Balaban J connectivity index is 1.60. The second-order valence-corrected chi connectivity index (χ2v) is 5.39. The average molecular weight is 280 g/mol. The fourth-order valence-electron chi connectivity index (χ4n) is 2.95. The van der Waals surface area contributed by atoms with Crippen LogP contribution in [-0.4, -0.2) is 38.2 Å². The highest BCUT2D eigenvalue weighted by atomic mass is 15.2. The largest absolute Gasteiger partial charge is 0.355 e. The van der Waals surface area contributed by atoms with Gasteiger partial charge in [-0.1, -0.05) is 0 Å². The van der Waals surface area contributed by atoms with Crippen LogP contribution in [0.1, 0.15) is 24.5 Å². The number of rotatable bonds is 2.